The van der Waals surface area contributed by atoms with Crippen molar-refractivity contribution in [3.63, 3.8) is 0 Å². The van der Waals surface area contributed by atoms with Gasteiger partial charge < -0.3 is 10.6 Å². The van der Waals surface area contributed by atoms with Crippen LogP contribution in [0.2, 0.25) is 0 Å². The maximum absolute atomic E-state index is 6.02. The zero-order valence-corrected chi connectivity index (χ0v) is 10.00. The minimum Gasteiger partial charge on any atom is -0.370 e. The molecular formula is C12H23N3. The molecule has 0 aromatic rings. The molecular weight excluding hydrogens is 186 g/mol. The lowest BCUT2D eigenvalue weighted by Crippen LogP contribution is -2.52. The number of unbranched alkanes of at least 4 members (excludes halogenated alkanes) is 1. The molecule has 1 fully saturated rings. The van der Waals surface area contributed by atoms with Gasteiger partial charge in [0.05, 0.1) is 12.1 Å². The number of hydrogen-bond acceptors (Lipinski definition) is 3. The Bertz CT molecular complexity index is 258. The Balaban J connectivity index is 2.10. The maximum atomic E-state index is 6.02. The van der Waals surface area contributed by atoms with Crippen LogP contribution in [0.1, 0.15) is 52.4 Å². The highest BCUT2D eigenvalue weighted by atomic mass is 15.4. The van der Waals surface area contributed by atoms with Crippen molar-refractivity contribution < 1.29 is 0 Å². The molecule has 2 rings (SSSR count). The van der Waals surface area contributed by atoms with Crippen LogP contribution >= 0.6 is 0 Å². The van der Waals surface area contributed by atoms with E-state index in [1.165, 1.54) is 38.5 Å². The van der Waals surface area contributed by atoms with Crippen LogP contribution in [0, 0.1) is 0 Å². The molecule has 0 aromatic heterocycles. The predicted molar refractivity (Wildman–Crippen MR) is 63.9 cm³/mol. The van der Waals surface area contributed by atoms with Crippen molar-refractivity contribution in [1.82, 2.24) is 4.90 Å². The summed E-state index contributed by atoms with van der Waals surface area (Å²) in [4.78, 5) is 6.91. The zero-order valence-electron chi connectivity index (χ0n) is 10.00. The molecule has 1 saturated carbocycles. The first kappa shape index (κ1) is 10.8. The van der Waals surface area contributed by atoms with Crippen molar-refractivity contribution in [3.8, 4) is 0 Å². The molecule has 3 nitrogen and oxygen atoms in total. The molecule has 0 saturated heterocycles. The van der Waals surface area contributed by atoms with Crippen molar-refractivity contribution in [2.75, 3.05) is 6.54 Å². The second kappa shape index (κ2) is 4.03. The van der Waals surface area contributed by atoms with E-state index >= 15 is 0 Å². The smallest absolute Gasteiger partial charge is 0.192 e. The fraction of sp³-hybridized carbons (Fsp3) is 0.917. The largest absolute Gasteiger partial charge is 0.370 e. The number of rotatable bonds is 5. The summed E-state index contributed by atoms with van der Waals surface area (Å²) < 4.78 is 0. The minimum atomic E-state index is 0.265. The van der Waals surface area contributed by atoms with Crippen molar-refractivity contribution in [2.45, 2.75) is 64.0 Å². The van der Waals surface area contributed by atoms with Gasteiger partial charge in [0.2, 0.25) is 0 Å². The summed E-state index contributed by atoms with van der Waals surface area (Å²) in [6.07, 6.45) is 7.60. The van der Waals surface area contributed by atoms with Gasteiger partial charge in [0, 0.05) is 6.04 Å². The van der Waals surface area contributed by atoms with Gasteiger partial charge in [0.25, 0.3) is 0 Å². The molecule has 1 heterocycles. The summed E-state index contributed by atoms with van der Waals surface area (Å²) in [6, 6.07) is 0.702. The third-order valence-corrected chi connectivity index (χ3v) is 3.86. The molecule has 2 N–H and O–H groups in total. The van der Waals surface area contributed by atoms with E-state index in [1.807, 2.05) is 0 Å². The fourth-order valence-corrected chi connectivity index (χ4v) is 2.69. The molecule has 1 atom stereocenters. The molecule has 2 aliphatic rings. The highest BCUT2D eigenvalue weighted by Crippen LogP contribution is 2.39. The molecule has 0 bridgehead atoms. The van der Waals surface area contributed by atoms with Gasteiger partial charge in [0.15, 0.2) is 5.96 Å². The van der Waals surface area contributed by atoms with Gasteiger partial charge in [-0.15, -0.1) is 0 Å². The monoisotopic (exact) mass is 209 g/mol. The number of guanidine groups is 1. The van der Waals surface area contributed by atoms with Crippen LogP contribution in [-0.4, -0.2) is 29.0 Å². The molecule has 0 aromatic carbocycles. The maximum Gasteiger partial charge on any atom is 0.192 e. The van der Waals surface area contributed by atoms with Gasteiger partial charge in [0.1, 0.15) is 0 Å². The standard InChI is InChI=1S/C12H23N3/c1-3-5-8-12(4-2)9-14-11(13)15(12)10-6-7-10/h10H,3-9H2,1-2H3,(H2,13,14). The van der Waals surface area contributed by atoms with Crippen LogP contribution in [-0.2, 0) is 0 Å². The first-order valence-electron chi connectivity index (χ1n) is 6.33. The van der Waals surface area contributed by atoms with E-state index in [9.17, 15) is 0 Å². The lowest BCUT2D eigenvalue weighted by atomic mass is 9.88. The van der Waals surface area contributed by atoms with Gasteiger partial charge in [-0.05, 0) is 25.7 Å². The Morgan fingerprint density at radius 2 is 2.20 bits per heavy atom. The Kier molecular flexibility index (Phi) is 2.89. The lowest BCUT2D eigenvalue weighted by molar-refractivity contribution is 0.167. The van der Waals surface area contributed by atoms with Crippen LogP contribution < -0.4 is 5.73 Å². The van der Waals surface area contributed by atoms with Crippen molar-refractivity contribution in [3.05, 3.63) is 0 Å². The summed E-state index contributed by atoms with van der Waals surface area (Å²) >= 11 is 0. The molecule has 3 heteroatoms. The minimum absolute atomic E-state index is 0.265. The van der Waals surface area contributed by atoms with E-state index in [2.05, 4.69) is 23.7 Å². The number of aliphatic imine (C=N–C) groups is 1. The highest BCUT2D eigenvalue weighted by molar-refractivity contribution is 5.81. The molecule has 86 valence electrons. The third kappa shape index (κ3) is 1.84. The molecule has 0 spiro atoms. The lowest BCUT2D eigenvalue weighted by Gasteiger charge is -2.39. The van der Waals surface area contributed by atoms with Gasteiger partial charge in [-0.1, -0.05) is 26.7 Å². The molecule has 1 unspecified atom stereocenters. The number of hydrogen-bond donors (Lipinski definition) is 1. The average molecular weight is 209 g/mol. The fourth-order valence-electron chi connectivity index (χ4n) is 2.69. The van der Waals surface area contributed by atoms with E-state index in [1.54, 1.807) is 0 Å². The average Bonchev–Trinajstić information content (AvgIpc) is 3.02. The zero-order chi connectivity index (χ0) is 10.9. The second-order valence-electron chi connectivity index (χ2n) is 4.96. The van der Waals surface area contributed by atoms with Gasteiger partial charge in [-0.2, -0.15) is 0 Å². The van der Waals surface area contributed by atoms with Gasteiger partial charge >= 0.3 is 0 Å². The predicted octanol–water partition coefficient (Wildman–Crippen LogP) is 2.12. The normalized spacial score (nSPS) is 30.8. The summed E-state index contributed by atoms with van der Waals surface area (Å²) in [6.45, 7) is 5.45. The van der Waals surface area contributed by atoms with Gasteiger partial charge in [-0.3, -0.25) is 4.99 Å². The first-order chi connectivity index (χ1) is 7.23. The van der Waals surface area contributed by atoms with E-state index < -0.39 is 0 Å². The molecule has 15 heavy (non-hydrogen) atoms. The topological polar surface area (TPSA) is 41.6 Å². The summed E-state index contributed by atoms with van der Waals surface area (Å²) in [7, 11) is 0. The quantitative estimate of drug-likeness (QED) is 0.753. The van der Waals surface area contributed by atoms with Crippen LogP contribution in [0.4, 0.5) is 0 Å². The SMILES string of the molecule is CCCCC1(CC)CN=C(N)N1C1CC1. The molecule has 1 aliphatic carbocycles. The van der Waals surface area contributed by atoms with E-state index in [0.29, 0.717) is 6.04 Å². The Labute approximate surface area is 92.7 Å². The van der Waals surface area contributed by atoms with Crippen molar-refractivity contribution in [1.29, 1.82) is 0 Å². The summed E-state index contributed by atoms with van der Waals surface area (Å²) in [5.74, 6) is 0.801. The summed E-state index contributed by atoms with van der Waals surface area (Å²) in [5, 5.41) is 0. The number of nitrogens with two attached hydrogens (primary N) is 1. The van der Waals surface area contributed by atoms with Crippen LogP contribution in [0.5, 0.6) is 0 Å². The highest BCUT2D eigenvalue weighted by Gasteiger charge is 2.46. The van der Waals surface area contributed by atoms with Crippen LogP contribution in [0.3, 0.4) is 0 Å². The first-order valence-corrected chi connectivity index (χ1v) is 6.33. The Morgan fingerprint density at radius 1 is 1.47 bits per heavy atom. The van der Waals surface area contributed by atoms with E-state index in [4.69, 9.17) is 5.73 Å². The molecule has 0 radical (unpaired) electrons. The van der Waals surface area contributed by atoms with Crippen molar-refractivity contribution in [2.24, 2.45) is 10.7 Å². The molecule has 1 aliphatic heterocycles. The third-order valence-electron chi connectivity index (χ3n) is 3.86. The van der Waals surface area contributed by atoms with Crippen LogP contribution in [0.25, 0.3) is 0 Å². The molecule has 0 amide bonds. The van der Waals surface area contributed by atoms with Gasteiger partial charge in [-0.25, -0.2) is 0 Å². The summed E-state index contributed by atoms with van der Waals surface area (Å²) in [5.41, 5.74) is 6.28. The Hall–Kier alpha value is -0.730. The van der Waals surface area contributed by atoms with Crippen molar-refractivity contribution >= 4 is 5.96 Å². The van der Waals surface area contributed by atoms with Crippen LogP contribution in [0.15, 0.2) is 4.99 Å². The number of nitrogens with zero attached hydrogens (tertiary/aromatic N) is 2. The van der Waals surface area contributed by atoms with E-state index in [0.717, 1.165) is 12.5 Å². The Morgan fingerprint density at radius 3 is 2.73 bits per heavy atom. The van der Waals surface area contributed by atoms with E-state index in [-0.39, 0.29) is 5.54 Å². The second-order valence-corrected chi connectivity index (χ2v) is 4.96.